The molecule has 2 N–H and O–H groups in total. The number of rotatable bonds is 6. The Morgan fingerprint density at radius 2 is 2.32 bits per heavy atom. The quantitative estimate of drug-likeness (QED) is 0.546. The van der Waals surface area contributed by atoms with Crippen LogP contribution in [-0.4, -0.2) is 40.1 Å². The van der Waals surface area contributed by atoms with Crippen molar-refractivity contribution in [3.8, 4) is 12.3 Å². The fraction of sp³-hybridized carbons (Fsp3) is 0.308. The molecule has 6 nitrogen and oxygen atoms in total. The van der Waals surface area contributed by atoms with E-state index in [2.05, 4.69) is 26.8 Å². The number of hydrogen-bond donors (Lipinski definition) is 2. The lowest BCUT2D eigenvalue weighted by atomic mass is 10.4. The molecule has 0 bridgehead atoms. The monoisotopic (exact) mass is 257 g/mol. The minimum Gasteiger partial charge on any atom is -0.355 e. The highest BCUT2D eigenvalue weighted by Gasteiger charge is 2.05. The molecule has 2 aromatic heterocycles. The van der Waals surface area contributed by atoms with Crippen molar-refractivity contribution in [2.24, 2.45) is 0 Å². The molecule has 0 fully saturated rings. The highest BCUT2D eigenvalue weighted by atomic mass is 16.1. The summed E-state index contributed by atoms with van der Waals surface area (Å²) in [5.74, 6) is 3.16. The fourth-order valence-electron chi connectivity index (χ4n) is 1.69. The third kappa shape index (κ3) is 3.53. The van der Waals surface area contributed by atoms with Crippen molar-refractivity contribution in [3.05, 3.63) is 30.2 Å². The van der Waals surface area contributed by atoms with E-state index in [1.165, 1.54) is 0 Å². The lowest BCUT2D eigenvalue weighted by molar-refractivity contribution is -0.120. The van der Waals surface area contributed by atoms with Gasteiger partial charge in [-0.1, -0.05) is 12.0 Å². The summed E-state index contributed by atoms with van der Waals surface area (Å²) in [6, 6.07) is 5.72. The molecule has 0 aliphatic carbocycles. The van der Waals surface area contributed by atoms with Gasteiger partial charge >= 0.3 is 0 Å². The second-order valence-electron chi connectivity index (χ2n) is 3.95. The zero-order valence-electron chi connectivity index (χ0n) is 10.5. The van der Waals surface area contributed by atoms with E-state index in [1.54, 1.807) is 0 Å². The highest BCUT2D eigenvalue weighted by molar-refractivity contribution is 5.77. The molecule has 2 heterocycles. The Kier molecular flexibility index (Phi) is 4.48. The van der Waals surface area contributed by atoms with E-state index >= 15 is 0 Å². The number of nitrogens with one attached hydrogen (secondary N) is 2. The molecular formula is C13H15N5O. The summed E-state index contributed by atoms with van der Waals surface area (Å²) in [5.41, 5.74) is 0.805. The van der Waals surface area contributed by atoms with Gasteiger partial charge in [0.05, 0.1) is 13.1 Å². The van der Waals surface area contributed by atoms with Gasteiger partial charge in [-0.3, -0.25) is 14.5 Å². The first-order valence-electron chi connectivity index (χ1n) is 6.01. The van der Waals surface area contributed by atoms with Gasteiger partial charge in [0.1, 0.15) is 5.82 Å². The van der Waals surface area contributed by atoms with E-state index < -0.39 is 0 Å². The summed E-state index contributed by atoms with van der Waals surface area (Å²) in [6.45, 7) is 1.14. The molecule has 2 rings (SSSR count). The minimum atomic E-state index is -0.0796. The Bertz CT molecular complexity index is 598. The minimum absolute atomic E-state index is 0.0796. The van der Waals surface area contributed by atoms with E-state index in [0.29, 0.717) is 19.5 Å². The fourth-order valence-corrected chi connectivity index (χ4v) is 1.69. The normalized spacial score (nSPS) is 10.3. The molecule has 2 aromatic rings. The van der Waals surface area contributed by atoms with E-state index in [0.717, 1.165) is 11.5 Å². The summed E-state index contributed by atoms with van der Waals surface area (Å²) >= 11 is 0. The van der Waals surface area contributed by atoms with Crippen LogP contribution in [0.3, 0.4) is 0 Å². The predicted octanol–water partition coefficient (Wildman–Crippen LogP) is -0.389. The van der Waals surface area contributed by atoms with Crippen LogP contribution in [0.2, 0.25) is 0 Å². The van der Waals surface area contributed by atoms with Crippen LogP contribution in [0.25, 0.3) is 5.65 Å². The standard InChI is InChI=1S/C13H15N5O/c1-2-7-14-10-13(19)15-8-6-12-17-16-11-5-3-4-9-18(11)12/h1,3-5,9,14H,6-8,10H2,(H,15,19). The summed E-state index contributed by atoms with van der Waals surface area (Å²) in [5, 5.41) is 13.8. The van der Waals surface area contributed by atoms with Crippen molar-refractivity contribution in [1.29, 1.82) is 0 Å². The number of nitrogens with zero attached hydrogens (tertiary/aromatic N) is 3. The van der Waals surface area contributed by atoms with Crippen molar-refractivity contribution >= 4 is 11.6 Å². The molecule has 0 saturated heterocycles. The zero-order valence-corrected chi connectivity index (χ0v) is 10.5. The number of amides is 1. The number of carbonyl (C=O) groups is 1. The summed E-state index contributed by atoms with van der Waals surface area (Å²) in [4.78, 5) is 11.4. The van der Waals surface area contributed by atoms with E-state index in [9.17, 15) is 4.79 Å². The van der Waals surface area contributed by atoms with Crippen LogP contribution in [0.4, 0.5) is 0 Å². The molecule has 0 unspecified atom stereocenters. The smallest absolute Gasteiger partial charge is 0.233 e. The molecule has 0 saturated carbocycles. The van der Waals surface area contributed by atoms with Crippen LogP contribution in [0.1, 0.15) is 5.82 Å². The first kappa shape index (κ1) is 13.1. The number of terminal acetylenes is 1. The maximum absolute atomic E-state index is 11.4. The summed E-state index contributed by atoms with van der Waals surface area (Å²) in [7, 11) is 0. The third-order valence-corrected chi connectivity index (χ3v) is 2.57. The Hall–Kier alpha value is -2.39. The molecule has 0 atom stereocenters. The van der Waals surface area contributed by atoms with Crippen molar-refractivity contribution in [2.45, 2.75) is 6.42 Å². The van der Waals surface area contributed by atoms with Crippen LogP contribution >= 0.6 is 0 Å². The van der Waals surface area contributed by atoms with E-state index in [-0.39, 0.29) is 12.5 Å². The first-order valence-corrected chi connectivity index (χ1v) is 6.01. The number of fused-ring (bicyclic) bond motifs is 1. The average Bonchev–Trinajstić information content (AvgIpc) is 2.83. The van der Waals surface area contributed by atoms with E-state index in [4.69, 9.17) is 6.42 Å². The number of hydrogen-bond acceptors (Lipinski definition) is 4. The van der Waals surface area contributed by atoms with E-state index in [1.807, 2.05) is 28.8 Å². The maximum Gasteiger partial charge on any atom is 0.233 e. The van der Waals surface area contributed by atoms with Crippen LogP contribution in [0, 0.1) is 12.3 Å². The zero-order chi connectivity index (χ0) is 13.5. The average molecular weight is 257 g/mol. The van der Waals surface area contributed by atoms with Gasteiger partial charge in [0.25, 0.3) is 0 Å². The molecular weight excluding hydrogens is 242 g/mol. The maximum atomic E-state index is 11.4. The van der Waals surface area contributed by atoms with Gasteiger partial charge in [-0.15, -0.1) is 16.6 Å². The lowest BCUT2D eigenvalue weighted by Crippen LogP contribution is -2.35. The molecule has 1 amide bonds. The summed E-state index contributed by atoms with van der Waals surface area (Å²) < 4.78 is 1.91. The lowest BCUT2D eigenvalue weighted by Gasteiger charge is -2.04. The molecule has 0 aliphatic heterocycles. The number of pyridine rings is 1. The van der Waals surface area contributed by atoms with Gasteiger partial charge in [-0.2, -0.15) is 0 Å². The van der Waals surface area contributed by atoms with Gasteiger partial charge in [-0.25, -0.2) is 0 Å². The van der Waals surface area contributed by atoms with Gasteiger partial charge in [0.2, 0.25) is 5.91 Å². The van der Waals surface area contributed by atoms with Crippen molar-refractivity contribution < 1.29 is 4.79 Å². The molecule has 0 radical (unpaired) electrons. The Morgan fingerprint density at radius 1 is 1.42 bits per heavy atom. The second kappa shape index (κ2) is 6.52. The largest absolute Gasteiger partial charge is 0.355 e. The van der Waals surface area contributed by atoms with Gasteiger partial charge < -0.3 is 5.32 Å². The molecule has 19 heavy (non-hydrogen) atoms. The van der Waals surface area contributed by atoms with Crippen LogP contribution in [0.15, 0.2) is 24.4 Å². The highest BCUT2D eigenvalue weighted by Crippen LogP contribution is 2.02. The van der Waals surface area contributed by atoms with Crippen LogP contribution < -0.4 is 10.6 Å². The molecule has 0 spiro atoms. The Labute approximate surface area is 111 Å². The molecule has 6 heteroatoms. The van der Waals surface area contributed by atoms with Gasteiger partial charge in [0.15, 0.2) is 5.65 Å². The van der Waals surface area contributed by atoms with Crippen LogP contribution in [0.5, 0.6) is 0 Å². The van der Waals surface area contributed by atoms with Crippen LogP contribution in [-0.2, 0) is 11.2 Å². The molecule has 0 aliphatic rings. The SMILES string of the molecule is C#CCNCC(=O)NCCc1nnc2ccccn12. The Balaban J connectivity index is 1.80. The van der Waals surface area contributed by atoms with Gasteiger partial charge in [-0.05, 0) is 12.1 Å². The second-order valence-corrected chi connectivity index (χ2v) is 3.95. The Morgan fingerprint density at radius 3 is 3.16 bits per heavy atom. The topological polar surface area (TPSA) is 71.3 Å². The number of aromatic nitrogens is 3. The third-order valence-electron chi connectivity index (χ3n) is 2.57. The molecule has 0 aromatic carbocycles. The first-order chi connectivity index (χ1) is 9.31. The van der Waals surface area contributed by atoms with Crippen molar-refractivity contribution in [1.82, 2.24) is 25.2 Å². The number of carbonyl (C=O) groups excluding carboxylic acids is 1. The predicted molar refractivity (Wildman–Crippen MR) is 71.4 cm³/mol. The molecule has 98 valence electrons. The van der Waals surface area contributed by atoms with Gasteiger partial charge in [0, 0.05) is 19.2 Å². The van der Waals surface area contributed by atoms with Crippen molar-refractivity contribution in [2.75, 3.05) is 19.6 Å². The van der Waals surface area contributed by atoms with Crippen molar-refractivity contribution in [3.63, 3.8) is 0 Å². The summed E-state index contributed by atoms with van der Waals surface area (Å²) in [6.07, 6.45) is 7.60.